The van der Waals surface area contributed by atoms with Crippen molar-refractivity contribution in [2.45, 2.75) is 24.3 Å². The number of nitrogens with one attached hydrogen (secondary N) is 2. The maximum atomic E-state index is 13.2. The first-order valence-electron chi connectivity index (χ1n) is 9.66. The third-order valence-corrected chi connectivity index (χ3v) is 6.73. The van der Waals surface area contributed by atoms with Crippen LogP contribution in [0.15, 0.2) is 71.6 Å². The molecule has 0 saturated carbocycles. The van der Waals surface area contributed by atoms with Crippen molar-refractivity contribution in [2.24, 2.45) is 0 Å². The van der Waals surface area contributed by atoms with Gasteiger partial charge in [0.1, 0.15) is 16.7 Å². The number of ether oxygens (including phenoxy) is 1. The van der Waals surface area contributed by atoms with E-state index in [2.05, 4.69) is 10.0 Å². The van der Waals surface area contributed by atoms with Gasteiger partial charge in [-0.05, 0) is 54.8 Å². The van der Waals surface area contributed by atoms with E-state index in [9.17, 15) is 13.2 Å². The zero-order valence-electron chi connectivity index (χ0n) is 17.4. The molecule has 0 fully saturated rings. The lowest BCUT2D eigenvalue weighted by Crippen LogP contribution is -2.45. The molecule has 2 N–H and O–H groups in total. The van der Waals surface area contributed by atoms with Gasteiger partial charge in [-0.1, -0.05) is 59.6 Å². The molecule has 6 nitrogen and oxygen atoms in total. The molecule has 0 saturated heterocycles. The fourth-order valence-corrected chi connectivity index (χ4v) is 5.00. The second-order valence-corrected chi connectivity index (χ2v) is 9.66. The van der Waals surface area contributed by atoms with Gasteiger partial charge in [0, 0.05) is 5.02 Å². The largest absolute Gasteiger partial charge is 0.495 e. The number of amides is 1. The zero-order chi connectivity index (χ0) is 23.3. The Balaban J connectivity index is 1.93. The molecule has 0 heterocycles. The number of anilines is 1. The molecule has 0 aliphatic heterocycles. The first-order valence-corrected chi connectivity index (χ1v) is 11.9. The number of benzene rings is 3. The first-order chi connectivity index (χ1) is 15.2. The van der Waals surface area contributed by atoms with Crippen molar-refractivity contribution in [3.8, 4) is 5.75 Å². The van der Waals surface area contributed by atoms with Gasteiger partial charge in [0.25, 0.3) is 0 Å². The number of rotatable bonds is 8. The minimum Gasteiger partial charge on any atom is -0.495 e. The molecule has 0 aliphatic rings. The lowest BCUT2D eigenvalue weighted by Gasteiger charge is -2.20. The van der Waals surface area contributed by atoms with Crippen molar-refractivity contribution in [1.82, 2.24) is 4.72 Å². The maximum absolute atomic E-state index is 13.2. The van der Waals surface area contributed by atoms with E-state index in [0.717, 1.165) is 11.1 Å². The lowest BCUT2D eigenvalue weighted by molar-refractivity contribution is -0.117. The van der Waals surface area contributed by atoms with Gasteiger partial charge in [0.15, 0.2) is 0 Å². The second-order valence-electron chi connectivity index (χ2n) is 7.13. The van der Waals surface area contributed by atoms with E-state index in [4.69, 9.17) is 27.9 Å². The Morgan fingerprint density at radius 1 is 1.03 bits per heavy atom. The third-order valence-electron chi connectivity index (χ3n) is 4.69. The van der Waals surface area contributed by atoms with Crippen molar-refractivity contribution in [3.05, 3.63) is 87.9 Å². The zero-order valence-corrected chi connectivity index (χ0v) is 19.8. The molecule has 3 aromatic rings. The van der Waals surface area contributed by atoms with Crippen LogP contribution in [-0.2, 0) is 21.2 Å². The minimum atomic E-state index is -4.09. The van der Waals surface area contributed by atoms with Crippen molar-refractivity contribution < 1.29 is 17.9 Å². The average Bonchev–Trinajstić information content (AvgIpc) is 2.75. The molecule has 0 spiro atoms. The summed E-state index contributed by atoms with van der Waals surface area (Å²) in [6.07, 6.45) is 0.130. The molecule has 0 aliphatic carbocycles. The summed E-state index contributed by atoms with van der Waals surface area (Å²) in [5.74, 6) is -0.379. The van der Waals surface area contributed by atoms with Gasteiger partial charge >= 0.3 is 0 Å². The fraction of sp³-hybridized carbons (Fsp3) is 0.174. The van der Waals surface area contributed by atoms with Crippen LogP contribution in [0.2, 0.25) is 10.0 Å². The fourth-order valence-electron chi connectivity index (χ4n) is 3.09. The predicted octanol–water partition coefficient (Wildman–Crippen LogP) is 4.84. The Kier molecular flexibility index (Phi) is 7.79. The SMILES string of the molecule is COc1ccc(C)cc1S(=O)(=O)N[C@@H](Cc1ccccc1)C(=O)Nc1ccc(Cl)cc1Cl. The monoisotopic (exact) mass is 492 g/mol. The van der Waals surface area contributed by atoms with Crippen LogP contribution in [0.1, 0.15) is 11.1 Å². The minimum absolute atomic E-state index is 0.0459. The smallest absolute Gasteiger partial charge is 0.245 e. The molecule has 1 atom stereocenters. The topological polar surface area (TPSA) is 84.5 Å². The normalized spacial score (nSPS) is 12.2. The van der Waals surface area contributed by atoms with Crippen LogP contribution in [0.25, 0.3) is 0 Å². The summed E-state index contributed by atoms with van der Waals surface area (Å²) in [7, 11) is -2.70. The molecule has 1 amide bonds. The highest BCUT2D eigenvalue weighted by molar-refractivity contribution is 7.89. The Morgan fingerprint density at radius 2 is 1.75 bits per heavy atom. The van der Waals surface area contributed by atoms with Crippen LogP contribution in [0.4, 0.5) is 5.69 Å². The van der Waals surface area contributed by atoms with Crippen LogP contribution in [0, 0.1) is 6.92 Å². The van der Waals surface area contributed by atoms with E-state index in [1.54, 1.807) is 31.2 Å². The van der Waals surface area contributed by atoms with E-state index in [1.807, 2.05) is 30.3 Å². The molecule has 0 bridgehead atoms. The molecule has 0 unspecified atom stereocenters. The molecular formula is C23H22Cl2N2O4S. The van der Waals surface area contributed by atoms with E-state index in [-0.39, 0.29) is 22.1 Å². The van der Waals surface area contributed by atoms with Crippen LogP contribution < -0.4 is 14.8 Å². The van der Waals surface area contributed by atoms with Crippen molar-refractivity contribution in [3.63, 3.8) is 0 Å². The molecule has 168 valence electrons. The number of aryl methyl sites for hydroxylation is 1. The van der Waals surface area contributed by atoms with Gasteiger partial charge in [0.05, 0.1) is 17.8 Å². The Hall–Kier alpha value is -2.58. The lowest BCUT2D eigenvalue weighted by atomic mass is 10.1. The standard InChI is InChI=1S/C23H22Cl2N2O4S/c1-15-8-11-21(31-2)22(12-15)32(29,30)27-20(13-16-6-4-3-5-7-16)23(28)26-19-10-9-17(24)14-18(19)25/h3-12,14,20,27H,13H2,1-2H3,(H,26,28)/t20-/m0/s1. The highest BCUT2D eigenvalue weighted by Gasteiger charge is 2.28. The van der Waals surface area contributed by atoms with Crippen molar-refractivity contribution in [2.75, 3.05) is 12.4 Å². The summed E-state index contributed by atoms with van der Waals surface area (Å²) in [4.78, 5) is 13.1. The maximum Gasteiger partial charge on any atom is 0.245 e. The summed E-state index contributed by atoms with van der Waals surface area (Å²) in [6, 6.07) is 17.4. The highest BCUT2D eigenvalue weighted by atomic mass is 35.5. The van der Waals surface area contributed by atoms with Crippen LogP contribution >= 0.6 is 23.2 Å². The van der Waals surface area contributed by atoms with Crippen LogP contribution in [0.5, 0.6) is 5.75 Å². The van der Waals surface area contributed by atoms with Gasteiger partial charge in [0.2, 0.25) is 15.9 Å². The van der Waals surface area contributed by atoms with Crippen molar-refractivity contribution in [1.29, 1.82) is 0 Å². The number of hydrogen-bond donors (Lipinski definition) is 2. The molecule has 0 aromatic heterocycles. The second kappa shape index (κ2) is 10.4. The van der Waals surface area contributed by atoms with Crippen LogP contribution in [-0.4, -0.2) is 27.5 Å². The molecule has 32 heavy (non-hydrogen) atoms. The third kappa shape index (κ3) is 6.01. The van der Waals surface area contributed by atoms with Gasteiger partial charge < -0.3 is 10.1 Å². The Morgan fingerprint density at radius 3 is 2.41 bits per heavy atom. The molecular weight excluding hydrogens is 471 g/mol. The number of hydrogen-bond acceptors (Lipinski definition) is 4. The molecule has 0 radical (unpaired) electrons. The first kappa shape index (κ1) is 24.1. The Labute approximate surface area is 197 Å². The van der Waals surface area contributed by atoms with E-state index < -0.39 is 22.0 Å². The average molecular weight is 493 g/mol. The van der Waals surface area contributed by atoms with E-state index in [0.29, 0.717) is 10.7 Å². The number of carbonyl (C=O) groups excluding carboxylic acids is 1. The Bertz CT molecular complexity index is 1220. The summed E-state index contributed by atoms with van der Waals surface area (Å²) < 4.78 is 34.2. The van der Waals surface area contributed by atoms with Gasteiger partial charge in [-0.25, -0.2) is 8.42 Å². The van der Waals surface area contributed by atoms with E-state index in [1.165, 1.54) is 19.2 Å². The summed E-state index contributed by atoms with van der Waals surface area (Å²) in [5.41, 5.74) is 1.85. The summed E-state index contributed by atoms with van der Waals surface area (Å²) in [6.45, 7) is 1.77. The number of carbonyl (C=O) groups is 1. The van der Waals surface area contributed by atoms with Gasteiger partial charge in [-0.15, -0.1) is 0 Å². The molecule has 9 heteroatoms. The molecule has 3 aromatic carbocycles. The predicted molar refractivity (Wildman–Crippen MR) is 127 cm³/mol. The van der Waals surface area contributed by atoms with E-state index >= 15 is 0 Å². The van der Waals surface area contributed by atoms with Crippen LogP contribution in [0.3, 0.4) is 0 Å². The van der Waals surface area contributed by atoms with Crippen molar-refractivity contribution >= 4 is 44.8 Å². The number of sulfonamides is 1. The quantitative estimate of drug-likeness (QED) is 0.471. The molecule has 3 rings (SSSR count). The highest BCUT2D eigenvalue weighted by Crippen LogP contribution is 2.27. The number of halogens is 2. The summed E-state index contributed by atoms with van der Waals surface area (Å²) in [5, 5.41) is 3.34. The summed E-state index contributed by atoms with van der Waals surface area (Å²) >= 11 is 12.1. The number of methoxy groups -OCH3 is 1. The van der Waals surface area contributed by atoms with Gasteiger partial charge in [-0.2, -0.15) is 4.72 Å². The van der Waals surface area contributed by atoms with Gasteiger partial charge in [-0.3, -0.25) is 4.79 Å².